The summed E-state index contributed by atoms with van der Waals surface area (Å²) in [6, 6.07) is 10.8. The molecule has 2 aromatic carbocycles. The van der Waals surface area contributed by atoms with Crippen LogP contribution in [0.4, 0.5) is 10.1 Å². The highest BCUT2D eigenvalue weighted by molar-refractivity contribution is 5.85. The molecule has 0 atom stereocenters. The van der Waals surface area contributed by atoms with Crippen LogP contribution < -0.4 is 4.74 Å². The van der Waals surface area contributed by atoms with E-state index in [0.717, 1.165) is 0 Å². The lowest BCUT2D eigenvalue weighted by Gasteiger charge is -2.04. The van der Waals surface area contributed by atoms with Crippen molar-refractivity contribution < 1.29 is 14.2 Å². The van der Waals surface area contributed by atoms with Crippen LogP contribution in [0.5, 0.6) is 11.5 Å². The Bertz CT molecular complexity index is 579. The van der Waals surface area contributed by atoms with Gasteiger partial charge in [0.2, 0.25) is 0 Å². The van der Waals surface area contributed by atoms with Crippen LogP contribution in [0.15, 0.2) is 47.5 Å². The Balaban J connectivity index is 2.16. The molecule has 0 saturated carbocycles. The second-order valence-corrected chi connectivity index (χ2v) is 3.89. The van der Waals surface area contributed by atoms with Gasteiger partial charge in [0.1, 0.15) is 17.3 Å². The number of ether oxygens (including phenoxy) is 1. The zero-order valence-electron chi connectivity index (χ0n) is 10.5. The second kappa shape index (κ2) is 6.00. The van der Waals surface area contributed by atoms with Crippen molar-refractivity contribution in [2.24, 2.45) is 4.99 Å². The van der Waals surface area contributed by atoms with E-state index in [0.29, 0.717) is 23.6 Å². The number of rotatable bonds is 4. The summed E-state index contributed by atoms with van der Waals surface area (Å²) in [6.45, 7) is 2.42. The van der Waals surface area contributed by atoms with Crippen molar-refractivity contribution in [3.05, 3.63) is 53.8 Å². The van der Waals surface area contributed by atoms with E-state index >= 15 is 0 Å². The van der Waals surface area contributed by atoms with Crippen LogP contribution in [0, 0.1) is 5.82 Å². The molecule has 2 aromatic rings. The number of phenols is 1. The molecule has 0 radical (unpaired) electrons. The van der Waals surface area contributed by atoms with E-state index < -0.39 is 0 Å². The summed E-state index contributed by atoms with van der Waals surface area (Å²) in [4.78, 5) is 4.16. The van der Waals surface area contributed by atoms with E-state index in [4.69, 9.17) is 4.74 Å². The SMILES string of the molecule is CCOc1ccc(C=Nc2ccc(F)cc2)c(O)c1. The standard InChI is InChI=1S/C15H14FNO2/c1-2-19-14-8-3-11(15(18)9-14)10-17-13-6-4-12(16)5-7-13/h3-10,18H,2H2,1H3. The number of benzene rings is 2. The average Bonchev–Trinajstić information content (AvgIpc) is 2.40. The molecule has 4 heteroatoms. The summed E-state index contributed by atoms with van der Waals surface area (Å²) in [7, 11) is 0. The third-order valence-corrected chi connectivity index (χ3v) is 2.49. The van der Waals surface area contributed by atoms with Gasteiger partial charge in [-0.1, -0.05) is 0 Å². The lowest BCUT2D eigenvalue weighted by Crippen LogP contribution is -1.92. The predicted octanol–water partition coefficient (Wildman–Crippen LogP) is 3.68. The third-order valence-electron chi connectivity index (χ3n) is 2.49. The average molecular weight is 259 g/mol. The molecule has 1 N–H and O–H groups in total. The summed E-state index contributed by atoms with van der Waals surface area (Å²) >= 11 is 0. The zero-order valence-corrected chi connectivity index (χ0v) is 10.5. The maximum atomic E-state index is 12.7. The molecule has 2 rings (SSSR count). The van der Waals surface area contributed by atoms with Gasteiger partial charge in [-0.15, -0.1) is 0 Å². The van der Waals surface area contributed by atoms with Gasteiger partial charge in [0.25, 0.3) is 0 Å². The van der Waals surface area contributed by atoms with Gasteiger partial charge in [-0.3, -0.25) is 4.99 Å². The van der Waals surface area contributed by atoms with Gasteiger partial charge in [-0.2, -0.15) is 0 Å². The highest BCUT2D eigenvalue weighted by Crippen LogP contribution is 2.23. The molecule has 0 heterocycles. The Kier molecular flexibility index (Phi) is 4.13. The molecule has 98 valence electrons. The molecule has 0 aromatic heterocycles. The van der Waals surface area contributed by atoms with E-state index in [9.17, 15) is 9.50 Å². The second-order valence-electron chi connectivity index (χ2n) is 3.89. The minimum atomic E-state index is -0.303. The topological polar surface area (TPSA) is 41.8 Å². The Hall–Kier alpha value is -2.36. The van der Waals surface area contributed by atoms with Crippen molar-refractivity contribution in [3.8, 4) is 11.5 Å². The van der Waals surface area contributed by atoms with Crippen molar-refractivity contribution in [2.75, 3.05) is 6.61 Å². The van der Waals surface area contributed by atoms with E-state index in [2.05, 4.69) is 4.99 Å². The van der Waals surface area contributed by atoms with Crippen LogP contribution in [0.25, 0.3) is 0 Å². The number of nitrogens with zero attached hydrogens (tertiary/aromatic N) is 1. The Morgan fingerprint density at radius 2 is 1.95 bits per heavy atom. The number of phenolic OH excluding ortho intramolecular Hbond substituents is 1. The van der Waals surface area contributed by atoms with Crippen molar-refractivity contribution in [2.45, 2.75) is 6.92 Å². The summed E-state index contributed by atoms with van der Waals surface area (Å²) in [5, 5.41) is 9.81. The van der Waals surface area contributed by atoms with E-state index in [-0.39, 0.29) is 11.6 Å². The van der Waals surface area contributed by atoms with Gasteiger partial charge in [-0.25, -0.2) is 4.39 Å². The summed E-state index contributed by atoms with van der Waals surface area (Å²) < 4.78 is 18.0. The first-order chi connectivity index (χ1) is 9.19. The van der Waals surface area contributed by atoms with Gasteiger partial charge in [-0.05, 0) is 43.3 Å². The summed E-state index contributed by atoms with van der Waals surface area (Å²) in [6.07, 6.45) is 1.53. The number of halogens is 1. The van der Waals surface area contributed by atoms with Crippen molar-refractivity contribution in [1.82, 2.24) is 0 Å². The van der Waals surface area contributed by atoms with Gasteiger partial charge < -0.3 is 9.84 Å². The number of aromatic hydroxyl groups is 1. The van der Waals surface area contributed by atoms with Gasteiger partial charge in [0, 0.05) is 17.8 Å². The normalized spacial score (nSPS) is 10.8. The third kappa shape index (κ3) is 3.55. The number of hydrogen-bond acceptors (Lipinski definition) is 3. The fraction of sp³-hybridized carbons (Fsp3) is 0.133. The number of hydrogen-bond donors (Lipinski definition) is 1. The minimum absolute atomic E-state index is 0.0943. The van der Waals surface area contributed by atoms with Crippen molar-refractivity contribution in [1.29, 1.82) is 0 Å². The van der Waals surface area contributed by atoms with Crippen LogP contribution in [0.1, 0.15) is 12.5 Å². The predicted molar refractivity (Wildman–Crippen MR) is 72.9 cm³/mol. The first-order valence-corrected chi connectivity index (χ1v) is 5.94. The first kappa shape index (κ1) is 13.1. The molecule has 0 aliphatic heterocycles. The highest BCUT2D eigenvalue weighted by Gasteiger charge is 2.01. The number of aliphatic imine (C=N–C) groups is 1. The Morgan fingerprint density at radius 1 is 1.21 bits per heavy atom. The smallest absolute Gasteiger partial charge is 0.128 e. The van der Waals surface area contributed by atoms with Crippen molar-refractivity contribution in [3.63, 3.8) is 0 Å². The lowest BCUT2D eigenvalue weighted by molar-refractivity contribution is 0.337. The Labute approximate surface area is 111 Å². The largest absolute Gasteiger partial charge is 0.507 e. The molecule has 0 spiro atoms. The summed E-state index contributed by atoms with van der Waals surface area (Å²) in [5.74, 6) is 0.401. The zero-order chi connectivity index (χ0) is 13.7. The van der Waals surface area contributed by atoms with Gasteiger partial charge in [0.05, 0.1) is 12.3 Å². The quantitative estimate of drug-likeness (QED) is 0.851. The molecule has 0 fully saturated rings. The van der Waals surface area contributed by atoms with Gasteiger partial charge in [0.15, 0.2) is 0 Å². The van der Waals surface area contributed by atoms with Crippen LogP contribution in [0.3, 0.4) is 0 Å². The Morgan fingerprint density at radius 3 is 2.58 bits per heavy atom. The van der Waals surface area contributed by atoms with E-state index in [1.54, 1.807) is 24.3 Å². The monoisotopic (exact) mass is 259 g/mol. The molecule has 0 saturated heterocycles. The van der Waals surface area contributed by atoms with Crippen molar-refractivity contribution >= 4 is 11.9 Å². The van der Waals surface area contributed by atoms with Gasteiger partial charge >= 0.3 is 0 Å². The van der Waals surface area contributed by atoms with Crippen LogP contribution >= 0.6 is 0 Å². The van der Waals surface area contributed by atoms with E-state index in [1.807, 2.05) is 6.92 Å². The molecule has 19 heavy (non-hydrogen) atoms. The lowest BCUT2D eigenvalue weighted by atomic mass is 10.2. The molecular formula is C15H14FNO2. The van der Waals surface area contributed by atoms with Crippen LogP contribution in [-0.2, 0) is 0 Å². The molecule has 0 unspecified atom stereocenters. The van der Waals surface area contributed by atoms with Crippen LogP contribution in [0.2, 0.25) is 0 Å². The summed E-state index contributed by atoms with van der Waals surface area (Å²) in [5.41, 5.74) is 1.20. The van der Waals surface area contributed by atoms with E-state index in [1.165, 1.54) is 24.4 Å². The minimum Gasteiger partial charge on any atom is -0.507 e. The molecule has 0 bridgehead atoms. The molecule has 3 nitrogen and oxygen atoms in total. The maximum Gasteiger partial charge on any atom is 0.128 e. The molecule has 0 amide bonds. The molecule has 0 aliphatic rings. The van der Waals surface area contributed by atoms with Crippen LogP contribution in [-0.4, -0.2) is 17.9 Å². The fourth-order valence-electron chi connectivity index (χ4n) is 1.56. The molecular weight excluding hydrogens is 245 g/mol. The highest BCUT2D eigenvalue weighted by atomic mass is 19.1. The fourth-order valence-corrected chi connectivity index (χ4v) is 1.56. The first-order valence-electron chi connectivity index (χ1n) is 5.94. The maximum absolute atomic E-state index is 12.7. The molecule has 0 aliphatic carbocycles.